The van der Waals surface area contributed by atoms with Crippen LogP contribution in [-0.2, 0) is 0 Å². The molecule has 28 heavy (non-hydrogen) atoms. The Morgan fingerprint density at radius 3 is 2.93 bits per heavy atom. The maximum atomic E-state index is 14.9. The summed E-state index contributed by atoms with van der Waals surface area (Å²) >= 11 is 0. The molecule has 142 valence electrons. The monoisotopic (exact) mass is 380 g/mol. The van der Waals surface area contributed by atoms with E-state index < -0.39 is 18.1 Å². The van der Waals surface area contributed by atoms with Crippen molar-refractivity contribution in [2.45, 2.75) is 18.6 Å². The van der Waals surface area contributed by atoms with Crippen molar-refractivity contribution in [1.82, 2.24) is 20.2 Å². The minimum absolute atomic E-state index is 0.117. The number of hydrogen-bond donors (Lipinski definition) is 3. The second kappa shape index (κ2) is 7.11. The minimum atomic E-state index is -1.21. The first kappa shape index (κ1) is 17.7. The van der Waals surface area contributed by atoms with Crippen molar-refractivity contribution >= 4 is 28.4 Å². The summed E-state index contributed by atoms with van der Waals surface area (Å²) in [6.07, 6.45) is 2.36. The molecule has 1 fully saturated rings. The Bertz CT molecular complexity index is 1060. The molecular weight excluding hydrogens is 363 g/mol. The lowest BCUT2D eigenvalue weighted by Gasteiger charge is -2.36. The van der Waals surface area contributed by atoms with E-state index >= 15 is 0 Å². The average molecular weight is 380 g/mol. The molecule has 1 saturated heterocycles. The number of fused-ring (bicyclic) bond motifs is 1. The molecule has 0 bridgehead atoms. The lowest BCUT2D eigenvalue weighted by atomic mass is 10.0. The molecule has 0 radical (unpaired) electrons. The van der Waals surface area contributed by atoms with E-state index in [1.54, 1.807) is 29.3 Å². The van der Waals surface area contributed by atoms with Gasteiger partial charge in [-0.25, -0.2) is 9.37 Å². The molecule has 0 saturated carbocycles. The number of carbonyl (C=O) groups is 1. The fourth-order valence-corrected chi connectivity index (χ4v) is 3.36. The van der Waals surface area contributed by atoms with Gasteiger partial charge < -0.3 is 20.9 Å². The number of nitrogens with two attached hydrogens (primary N) is 1. The van der Waals surface area contributed by atoms with Crippen molar-refractivity contribution in [2.75, 3.05) is 23.3 Å². The average Bonchev–Trinajstić information content (AvgIpc) is 3.18. The number of aromatic amines is 1. The molecule has 3 aromatic heterocycles. The SMILES string of the molecule is N#Cc1ccc(N2CC[C@H](Nc3c(C(N)=O)cnc4[nH]ccc34)[C@H](F)C2)nn1. The zero-order valence-corrected chi connectivity index (χ0v) is 14.8. The summed E-state index contributed by atoms with van der Waals surface area (Å²) in [5, 5.41) is 20.4. The second-order valence-corrected chi connectivity index (χ2v) is 6.54. The maximum absolute atomic E-state index is 14.9. The highest BCUT2D eigenvalue weighted by Gasteiger charge is 2.31. The number of amides is 1. The van der Waals surface area contributed by atoms with Crippen LogP contribution in [0.3, 0.4) is 0 Å². The van der Waals surface area contributed by atoms with Crippen LogP contribution in [0.1, 0.15) is 22.5 Å². The largest absolute Gasteiger partial charge is 0.378 e. The number of hydrogen-bond acceptors (Lipinski definition) is 7. The standard InChI is InChI=1S/C18H17FN8O/c19-13-9-27(15-2-1-10(7-20)25-26-15)6-4-14(13)24-16-11-3-5-22-18(11)23-8-12(16)17(21)28/h1-3,5,8,13-14H,4,6,9H2,(H2,21,28)(H2,22,23,24)/t13-,14+/m1/s1. The van der Waals surface area contributed by atoms with Crippen LogP contribution >= 0.6 is 0 Å². The highest BCUT2D eigenvalue weighted by molar-refractivity contribution is 6.06. The number of H-pyrrole nitrogens is 1. The predicted molar refractivity (Wildman–Crippen MR) is 100 cm³/mol. The molecule has 4 N–H and O–H groups in total. The first-order valence-electron chi connectivity index (χ1n) is 8.72. The van der Waals surface area contributed by atoms with Gasteiger partial charge in [-0.2, -0.15) is 5.26 Å². The number of piperidine rings is 1. The summed E-state index contributed by atoms with van der Waals surface area (Å²) < 4.78 is 14.9. The Kier molecular flexibility index (Phi) is 4.49. The molecule has 0 spiro atoms. The van der Waals surface area contributed by atoms with Gasteiger partial charge in [0, 0.05) is 24.3 Å². The van der Waals surface area contributed by atoms with Crippen molar-refractivity contribution < 1.29 is 9.18 Å². The third-order valence-electron chi connectivity index (χ3n) is 4.81. The van der Waals surface area contributed by atoms with Crippen LogP contribution in [0.4, 0.5) is 15.9 Å². The van der Waals surface area contributed by atoms with Gasteiger partial charge in [0.1, 0.15) is 17.9 Å². The smallest absolute Gasteiger partial charge is 0.252 e. The second-order valence-electron chi connectivity index (χ2n) is 6.54. The Morgan fingerprint density at radius 2 is 2.25 bits per heavy atom. The number of nitriles is 1. The van der Waals surface area contributed by atoms with Crippen LogP contribution in [-0.4, -0.2) is 51.4 Å². The minimum Gasteiger partial charge on any atom is -0.378 e. The highest BCUT2D eigenvalue weighted by atomic mass is 19.1. The van der Waals surface area contributed by atoms with Gasteiger partial charge >= 0.3 is 0 Å². The quantitative estimate of drug-likeness (QED) is 0.621. The van der Waals surface area contributed by atoms with E-state index in [0.717, 1.165) is 0 Å². The summed E-state index contributed by atoms with van der Waals surface area (Å²) in [7, 11) is 0. The van der Waals surface area contributed by atoms with E-state index in [0.29, 0.717) is 35.5 Å². The number of halogens is 1. The van der Waals surface area contributed by atoms with Crippen LogP contribution in [0.15, 0.2) is 30.6 Å². The Morgan fingerprint density at radius 1 is 1.39 bits per heavy atom. The van der Waals surface area contributed by atoms with Crippen LogP contribution in [0, 0.1) is 11.3 Å². The lowest BCUT2D eigenvalue weighted by Crippen LogP contribution is -2.48. The van der Waals surface area contributed by atoms with Gasteiger partial charge in [0.15, 0.2) is 11.5 Å². The molecule has 1 aliphatic heterocycles. The molecule has 10 heteroatoms. The van der Waals surface area contributed by atoms with Crippen molar-refractivity contribution in [2.24, 2.45) is 5.73 Å². The van der Waals surface area contributed by atoms with Gasteiger partial charge in [-0.1, -0.05) is 0 Å². The molecule has 1 amide bonds. The van der Waals surface area contributed by atoms with E-state index in [-0.39, 0.29) is 17.8 Å². The van der Waals surface area contributed by atoms with Crippen molar-refractivity contribution in [3.05, 3.63) is 41.9 Å². The fourth-order valence-electron chi connectivity index (χ4n) is 3.36. The summed E-state index contributed by atoms with van der Waals surface area (Å²) in [5.74, 6) is -0.103. The lowest BCUT2D eigenvalue weighted by molar-refractivity contribution is 0.100. The summed E-state index contributed by atoms with van der Waals surface area (Å²) in [6.45, 7) is 0.664. The number of pyridine rings is 1. The molecule has 0 aliphatic carbocycles. The Hall–Kier alpha value is -3.74. The summed E-state index contributed by atoms with van der Waals surface area (Å²) in [4.78, 5) is 20.7. The van der Waals surface area contributed by atoms with Crippen molar-refractivity contribution in [3.63, 3.8) is 0 Å². The molecule has 3 aromatic rings. The van der Waals surface area contributed by atoms with Gasteiger partial charge in [-0.3, -0.25) is 4.79 Å². The molecule has 4 heterocycles. The van der Waals surface area contributed by atoms with Crippen LogP contribution < -0.4 is 16.0 Å². The first-order chi connectivity index (χ1) is 13.6. The third-order valence-corrected chi connectivity index (χ3v) is 4.81. The van der Waals surface area contributed by atoms with Gasteiger partial charge in [0.25, 0.3) is 5.91 Å². The molecular formula is C18H17FN8O. The van der Waals surface area contributed by atoms with Crippen LogP contribution in [0.25, 0.3) is 11.0 Å². The highest BCUT2D eigenvalue weighted by Crippen LogP contribution is 2.29. The van der Waals surface area contributed by atoms with E-state index in [1.807, 2.05) is 6.07 Å². The summed E-state index contributed by atoms with van der Waals surface area (Å²) in [6, 6.07) is 6.39. The molecule has 4 rings (SSSR count). The fraction of sp³-hybridized carbons (Fsp3) is 0.278. The molecule has 0 aromatic carbocycles. The number of primary amides is 1. The third kappa shape index (κ3) is 3.18. The summed E-state index contributed by atoms with van der Waals surface area (Å²) in [5.41, 5.74) is 6.98. The van der Waals surface area contributed by atoms with E-state index in [2.05, 4.69) is 25.5 Å². The van der Waals surface area contributed by atoms with Gasteiger partial charge in [0.2, 0.25) is 0 Å². The number of alkyl halides is 1. The number of nitrogens with one attached hydrogen (secondary N) is 2. The van der Waals surface area contributed by atoms with E-state index in [9.17, 15) is 9.18 Å². The number of nitrogens with zero attached hydrogens (tertiary/aromatic N) is 5. The first-order valence-corrected chi connectivity index (χ1v) is 8.72. The number of rotatable bonds is 4. The van der Waals surface area contributed by atoms with E-state index in [1.165, 1.54) is 6.20 Å². The van der Waals surface area contributed by atoms with E-state index in [4.69, 9.17) is 11.0 Å². The maximum Gasteiger partial charge on any atom is 0.252 e. The topological polar surface area (TPSA) is 137 Å². The number of carbonyl (C=O) groups excluding carboxylic acids is 1. The Balaban J connectivity index is 1.54. The number of anilines is 2. The Labute approximate surface area is 159 Å². The number of aromatic nitrogens is 4. The predicted octanol–water partition coefficient (Wildman–Crippen LogP) is 1.35. The molecule has 9 nitrogen and oxygen atoms in total. The van der Waals surface area contributed by atoms with Crippen molar-refractivity contribution in [3.8, 4) is 6.07 Å². The zero-order chi connectivity index (χ0) is 19.7. The van der Waals surface area contributed by atoms with Crippen molar-refractivity contribution in [1.29, 1.82) is 5.26 Å². The molecule has 1 aliphatic rings. The zero-order valence-electron chi connectivity index (χ0n) is 14.8. The van der Waals surface area contributed by atoms with Gasteiger partial charge in [0.05, 0.1) is 23.8 Å². The van der Waals surface area contributed by atoms with Gasteiger partial charge in [-0.05, 0) is 24.6 Å². The van der Waals surface area contributed by atoms with Crippen LogP contribution in [0.5, 0.6) is 0 Å². The normalized spacial score (nSPS) is 19.4. The molecule has 2 atom stereocenters. The van der Waals surface area contributed by atoms with Gasteiger partial charge in [-0.15, -0.1) is 10.2 Å². The molecule has 0 unspecified atom stereocenters. The van der Waals surface area contributed by atoms with Crippen LogP contribution in [0.2, 0.25) is 0 Å².